The molecule has 74 valence electrons. The van der Waals surface area contributed by atoms with Gasteiger partial charge in [0.1, 0.15) is 11.9 Å². The third-order valence-corrected chi connectivity index (χ3v) is 1.81. The first-order valence-corrected chi connectivity index (χ1v) is 4.16. The number of hydrogen-bond donors (Lipinski definition) is 2. The van der Waals surface area contributed by atoms with Crippen molar-refractivity contribution in [3.8, 4) is 6.07 Å². The maximum atomic E-state index is 8.83. The lowest BCUT2D eigenvalue weighted by Gasteiger charge is -2.17. The highest BCUT2D eigenvalue weighted by Gasteiger charge is 2.08. The predicted octanol–water partition coefficient (Wildman–Crippen LogP) is -0.0360. The number of likely N-dealkylation sites (N-methyl/N-ethyl adjacent to an activating group) is 1. The van der Waals surface area contributed by atoms with E-state index in [1.165, 1.54) is 6.20 Å². The van der Waals surface area contributed by atoms with Gasteiger partial charge in [-0.25, -0.2) is 4.98 Å². The van der Waals surface area contributed by atoms with Gasteiger partial charge >= 0.3 is 0 Å². The van der Waals surface area contributed by atoms with Crippen LogP contribution in [0.15, 0.2) is 12.3 Å². The summed E-state index contributed by atoms with van der Waals surface area (Å²) in [5.41, 5.74) is 6.37. The third kappa shape index (κ3) is 2.12. The van der Waals surface area contributed by atoms with Gasteiger partial charge in [-0.05, 0) is 6.07 Å². The fourth-order valence-corrected chi connectivity index (χ4v) is 1.12. The largest absolute Gasteiger partial charge is 0.397 e. The summed E-state index contributed by atoms with van der Waals surface area (Å²) in [7, 11) is 1.76. The Kier molecular flexibility index (Phi) is 3.26. The molecule has 0 aromatic carbocycles. The van der Waals surface area contributed by atoms with Crippen LogP contribution >= 0.6 is 0 Å². The van der Waals surface area contributed by atoms with E-state index in [4.69, 9.17) is 16.1 Å². The topological polar surface area (TPSA) is 86.2 Å². The fourth-order valence-electron chi connectivity index (χ4n) is 1.12. The summed E-state index contributed by atoms with van der Waals surface area (Å²) in [4.78, 5) is 5.74. The molecule has 0 fully saturated rings. The van der Waals surface area contributed by atoms with E-state index in [-0.39, 0.29) is 6.61 Å². The lowest BCUT2D eigenvalue weighted by Crippen LogP contribution is -2.23. The summed E-state index contributed by atoms with van der Waals surface area (Å²) in [5.74, 6) is 0.538. The number of anilines is 2. The second-order valence-electron chi connectivity index (χ2n) is 2.90. The van der Waals surface area contributed by atoms with Crippen LogP contribution in [0, 0.1) is 11.3 Å². The first-order chi connectivity index (χ1) is 6.69. The van der Waals surface area contributed by atoms with Crippen LogP contribution in [0.25, 0.3) is 0 Å². The van der Waals surface area contributed by atoms with Gasteiger partial charge in [0, 0.05) is 13.6 Å². The third-order valence-electron chi connectivity index (χ3n) is 1.81. The van der Waals surface area contributed by atoms with Crippen molar-refractivity contribution in [2.75, 3.05) is 30.8 Å². The first kappa shape index (κ1) is 10.3. The molecular formula is C9H12N4O. The highest BCUT2D eigenvalue weighted by atomic mass is 16.3. The molecule has 0 unspecified atom stereocenters. The van der Waals surface area contributed by atoms with Gasteiger partial charge in [-0.1, -0.05) is 0 Å². The van der Waals surface area contributed by atoms with E-state index in [0.717, 1.165) is 0 Å². The van der Waals surface area contributed by atoms with E-state index in [1.54, 1.807) is 18.0 Å². The van der Waals surface area contributed by atoms with Crippen LogP contribution in [0.3, 0.4) is 0 Å². The van der Waals surface area contributed by atoms with Crippen molar-refractivity contribution in [1.29, 1.82) is 5.26 Å². The van der Waals surface area contributed by atoms with Crippen molar-refractivity contribution in [2.24, 2.45) is 0 Å². The number of nitrogens with two attached hydrogens (primary N) is 1. The summed E-state index contributed by atoms with van der Waals surface area (Å²) in [6.07, 6.45) is 1.49. The molecule has 5 heteroatoms. The molecule has 1 aromatic heterocycles. The Hall–Kier alpha value is -1.80. The number of hydrogen-bond acceptors (Lipinski definition) is 5. The molecule has 0 saturated carbocycles. The maximum absolute atomic E-state index is 8.83. The first-order valence-electron chi connectivity index (χ1n) is 4.16. The van der Waals surface area contributed by atoms with Gasteiger partial charge in [-0.15, -0.1) is 0 Å². The molecule has 0 aliphatic carbocycles. The Bertz CT molecular complexity index is 358. The van der Waals surface area contributed by atoms with Gasteiger partial charge in [0.05, 0.1) is 24.1 Å². The van der Waals surface area contributed by atoms with Crippen LogP contribution < -0.4 is 10.6 Å². The molecule has 0 spiro atoms. The minimum Gasteiger partial charge on any atom is -0.397 e. The monoisotopic (exact) mass is 192 g/mol. The maximum Gasteiger partial charge on any atom is 0.146 e. The summed E-state index contributed by atoms with van der Waals surface area (Å²) >= 11 is 0. The van der Waals surface area contributed by atoms with Gasteiger partial charge in [0.25, 0.3) is 0 Å². The van der Waals surface area contributed by atoms with Gasteiger partial charge in [-0.2, -0.15) is 5.26 Å². The van der Waals surface area contributed by atoms with Crippen molar-refractivity contribution in [3.63, 3.8) is 0 Å². The number of pyridine rings is 1. The van der Waals surface area contributed by atoms with Gasteiger partial charge in [0.15, 0.2) is 0 Å². The number of aliphatic hydroxyl groups excluding tert-OH is 1. The molecule has 3 N–H and O–H groups in total. The molecule has 0 aliphatic heterocycles. The minimum absolute atomic E-state index is 0.0213. The van der Waals surface area contributed by atoms with E-state index in [9.17, 15) is 0 Å². The second kappa shape index (κ2) is 4.44. The summed E-state index contributed by atoms with van der Waals surface area (Å²) < 4.78 is 0. The van der Waals surface area contributed by atoms with Crippen LogP contribution in [-0.2, 0) is 0 Å². The average Bonchev–Trinajstić information content (AvgIpc) is 2.17. The van der Waals surface area contributed by atoms with Crippen molar-refractivity contribution in [2.45, 2.75) is 0 Å². The van der Waals surface area contributed by atoms with E-state index >= 15 is 0 Å². The number of nitriles is 1. The van der Waals surface area contributed by atoms with Crippen LogP contribution in [0.4, 0.5) is 11.5 Å². The van der Waals surface area contributed by atoms with E-state index in [0.29, 0.717) is 23.6 Å². The molecule has 1 heterocycles. The summed E-state index contributed by atoms with van der Waals surface area (Å²) in [6.45, 7) is 0.457. The number of nitrogen functional groups attached to an aromatic ring is 1. The van der Waals surface area contributed by atoms with Crippen LogP contribution in [0.1, 0.15) is 5.56 Å². The smallest absolute Gasteiger partial charge is 0.146 e. The zero-order chi connectivity index (χ0) is 10.6. The Morgan fingerprint density at radius 1 is 1.71 bits per heavy atom. The number of aliphatic hydroxyl groups is 1. The summed E-state index contributed by atoms with van der Waals surface area (Å²) in [5, 5.41) is 17.6. The molecule has 5 nitrogen and oxygen atoms in total. The Morgan fingerprint density at radius 3 is 3.00 bits per heavy atom. The van der Waals surface area contributed by atoms with E-state index in [2.05, 4.69) is 4.98 Å². The Morgan fingerprint density at radius 2 is 2.43 bits per heavy atom. The molecule has 14 heavy (non-hydrogen) atoms. The zero-order valence-corrected chi connectivity index (χ0v) is 7.94. The normalized spacial score (nSPS) is 9.50. The Labute approximate surface area is 82.4 Å². The molecule has 0 aliphatic rings. The molecule has 1 rings (SSSR count). The van der Waals surface area contributed by atoms with Crippen molar-refractivity contribution >= 4 is 11.5 Å². The Balaban J connectivity index is 3.03. The van der Waals surface area contributed by atoms with Gasteiger partial charge in [0.2, 0.25) is 0 Å². The molecule has 0 atom stereocenters. The van der Waals surface area contributed by atoms with Crippen LogP contribution in [0.2, 0.25) is 0 Å². The average molecular weight is 192 g/mol. The van der Waals surface area contributed by atoms with Gasteiger partial charge < -0.3 is 15.7 Å². The lowest BCUT2D eigenvalue weighted by molar-refractivity contribution is 0.304. The highest BCUT2D eigenvalue weighted by molar-refractivity contribution is 5.58. The van der Waals surface area contributed by atoms with Crippen molar-refractivity contribution in [3.05, 3.63) is 17.8 Å². The summed E-state index contributed by atoms with van der Waals surface area (Å²) in [6, 6.07) is 3.58. The van der Waals surface area contributed by atoms with E-state index in [1.807, 2.05) is 6.07 Å². The second-order valence-corrected chi connectivity index (χ2v) is 2.90. The molecular weight excluding hydrogens is 180 g/mol. The van der Waals surface area contributed by atoms with Crippen molar-refractivity contribution < 1.29 is 5.11 Å². The highest BCUT2D eigenvalue weighted by Crippen LogP contribution is 2.17. The lowest BCUT2D eigenvalue weighted by atomic mass is 10.2. The van der Waals surface area contributed by atoms with Gasteiger partial charge in [-0.3, -0.25) is 0 Å². The molecule has 0 amide bonds. The SMILES string of the molecule is CN(CCO)c1ncc(N)cc1C#N. The minimum atomic E-state index is 0.0213. The quantitative estimate of drug-likeness (QED) is 0.702. The van der Waals surface area contributed by atoms with E-state index < -0.39 is 0 Å². The standard InChI is InChI=1S/C9H12N4O/c1-13(2-3-14)9-7(5-10)4-8(11)6-12-9/h4,6,14H,2-3,11H2,1H3. The van der Waals surface area contributed by atoms with Crippen LogP contribution in [-0.4, -0.2) is 30.3 Å². The zero-order valence-electron chi connectivity index (χ0n) is 7.94. The fraction of sp³-hybridized carbons (Fsp3) is 0.333. The molecule has 0 radical (unpaired) electrons. The predicted molar refractivity (Wildman–Crippen MR) is 53.7 cm³/mol. The molecule has 0 saturated heterocycles. The number of rotatable bonds is 3. The number of nitrogens with zero attached hydrogens (tertiary/aromatic N) is 3. The number of aromatic nitrogens is 1. The van der Waals surface area contributed by atoms with Crippen molar-refractivity contribution in [1.82, 2.24) is 4.98 Å². The molecule has 1 aromatic rings. The van der Waals surface area contributed by atoms with Crippen LogP contribution in [0.5, 0.6) is 0 Å². The molecule has 0 bridgehead atoms.